The average molecular weight is 429 g/mol. The summed E-state index contributed by atoms with van der Waals surface area (Å²) in [6.45, 7) is 10.1. The first-order chi connectivity index (χ1) is 15.5. The molecule has 1 fully saturated rings. The largest absolute Gasteiger partial charge is 0.354 e. The number of pyridine rings is 2. The minimum absolute atomic E-state index is 0.0120. The quantitative estimate of drug-likeness (QED) is 0.591. The average Bonchev–Trinajstić information content (AvgIpc) is 3.28. The van der Waals surface area contributed by atoms with Crippen LogP contribution < -0.4 is 15.8 Å². The summed E-state index contributed by atoms with van der Waals surface area (Å²) in [5.41, 5.74) is 4.55. The van der Waals surface area contributed by atoms with Crippen molar-refractivity contribution in [2.75, 3.05) is 18.0 Å². The van der Waals surface area contributed by atoms with E-state index >= 15 is 0 Å². The van der Waals surface area contributed by atoms with E-state index in [4.69, 9.17) is 0 Å². The molecule has 1 N–H and O–H groups in total. The van der Waals surface area contributed by atoms with Crippen LogP contribution in [0.15, 0.2) is 66.2 Å². The minimum atomic E-state index is 0.0120. The van der Waals surface area contributed by atoms with Crippen LogP contribution in [-0.4, -0.2) is 34.7 Å². The summed E-state index contributed by atoms with van der Waals surface area (Å²) in [6, 6.07) is 14.9. The van der Waals surface area contributed by atoms with E-state index in [2.05, 4.69) is 41.7 Å². The predicted molar refractivity (Wildman–Crippen MR) is 134 cm³/mol. The Kier molecular flexibility index (Phi) is 6.56. The number of rotatable bonds is 7. The number of hydrogen-bond donors (Lipinski definition) is 1. The molecule has 0 amide bonds. The maximum atomic E-state index is 13.8. The molecule has 1 unspecified atom stereocenters. The molecule has 1 aliphatic rings. The lowest BCUT2D eigenvalue weighted by molar-refractivity contribution is 0.519. The fraction of sp³-hybridized carbons (Fsp3) is 0.333. The molecule has 0 saturated carbocycles. The normalized spacial score (nSPS) is 16.0. The molecule has 1 aliphatic heterocycles. The van der Waals surface area contributed by atoms with E-state index in [1.807, 2.05) is 54.1 Å². The van der Waals surface area contributed by atoms with Gasteiger partial charge in [-0.2, -0.15) is 0 Å². The molecule has 166 valence electrons. The molecule has 1 saturated heterocycles. The van der Waals surface area contributed by atoms with Crippen molar-refractivity contribution >= 4 is 11.9 Å². The molecule has 0 aliphatic carbocycles. The standard InChI is InChI=1S/C27H32N4O/c1-5-20-8-6-9-22(16-20)26-24(21-11-13-28-14-12-21)17-25(30(4)27(26)32)31-15-7-10-23(31)18-29-19(2)3/h5-6,8-9,11-14,16-17,19,23,29H,1,7,10,15,18H2,2-4H3. The zero-order valence-electron chi connectivity index (χ0n) is 19.2. The Morgan fingerprint density at radius 1 is 1.19 bits per heavy atom. The molecule has 0 radical (unpaired) electrons. The van der Waals surface area contributed by atoms with E-state index in [-0.39, 0.29) is 5.56 Å². The van der Waals surface area contributed by atoms with Gasteiger partial charge in [0.05, 0.1) is 5.56 Å². The topological polar surface area (TPSA) is 50.2 Å². The van der Waals surface area contributed by atoms with Gasteiger partial charge in [-0.1, -0.05) is 44.7 Å². The highest BCUT2D eigenvalue weighted by Crippen LogP contribution is 2.34. The van der Waals surface area contributed by atoms with Gasteiger partial charge in [0.15, 0.2) is 0 Å². The lowest BCUT2D eigenvalue weighted by Gasteiger charge is -2.30. The summed E-state index contributed by atoms with van der Waals surface area (Å²) in [5, 5.41) is 3.57. The molecule has 32 heavy (non-hydrogen) atoms. The molecule has 1 atom stereocenters. The van der Waals surface area contributed by atoms with E-state index in [0.29, 0.717) is 17.6 Å². The molecular weight excluding hydrogens is 396 g/mol. The lowest BCUT2D eigenvalue weighted by atomic mass is 9.95. The third kappa shape index (κ3) is 4.39. The van der Waals surface area contributed by atoms with Gasteiger partial charge in [-0.25, -0.2) is 0 Å². The Bertz CT molecular complexity index is 1150. The molecule has 5 heteroatoms. The fourth-order valence-corrected chi connectivity index (χ4v) is 4.54. The second-order valence-electron chi connectivity index (χ2n) is 8.77. The first-order valence-electron chi connectivity index (χ1n) is 11.4. The van der Waals surface area contributed by atoms with Crippen LogP contribution in [0, 0.1) is 0 Å². The van der Waals surface area contributed by atoms with Crippen LogP contribution >= 0.6 is 0 Å². The van der Waals surface area contributed by atoms with Crippen molar-refractivity contribution < 1.29 is 0 Å². The monoisotopic (exact) mass is 428 g/mol. The van der Waals surface area contributed by atoms with Crippen LogP contribution in [-0.2, 0) is 7.05 Å². The van der Waals surface area contributed by atoms with Gasteiger partial charge >= 0.3 is 0 Å². The molecular formula is C27H32N4O. The predicted octanol–water partition coefficient (Wildman–Crippen LogP) is 4.72. The highest BCUT2D eigenvalue weighted by atomic mass is 16.1. The van der Waals surface area contributed by atoms with Crippen LogP contribution in [0.1, 0.15) is 32.3 Å². The number of aromatic nitrogens is 2. The first kappa shape index (κ1) is 22.0. The van der Waals surface area contributed by atoms with E-state index in [1.54, 1.807) is 12.4 Å². The number of nitrogens with zero attached hydrogens (tertiary/aromatic N) is 3. The summed E-state index contributed by atoms with van der Waals surface area (Å²) < 4.78 is 1.81. The molecule has 0 spiro atoms. The van der Waals surface area contributed by atoms with Gasteiger partial charge in [0, 0.05) is 44.6 Å². The first-order valence-corrected chi connectivity index (χ1v) is 11.4. The second kappa shape index (κ2) is 9.53. The van der Waals surface area contributed by atoms with Gasteiger partial charge in [-0.15, -0.1) is 0 Å². The van der Waals surface area contributed by atoms with Crippen LogP contribution in [0.25, 0.3) is 28.3 Å². The molecule has 3 aromatic rings. The Labute approximate surface area is 190 Å². The maximum absolute atomic E-state index is 13.8. The van der Waals surface area contributed by atoms with Gasteiger partial charge in [0.2, 0.25) is 0 Å². The lowest BCUT2D eigenvalue weighted by Crippen LogP contribution is -2.42. The fourth-order valence-electron chi connectivity index (χ4n) is 4.54. The number of hydrogen-bond acceptors (Lipinski definition) is 4. The van der Waals surface area contributed by atoms with Crippen LogP contribution in [0.2, 0.25) is 0 Å². The zero-order valence-corrected chi connectivity index (χ0v) is 19.2. The third-order valence-electron chi connectivity index (χ3n) is 6.24. The van der Waals surface area contributed by atoms with Crippen LogP contribution in [0.5, 0.6) is 0 Å². The summed E-state index contributed by atoms with van der Waals surface area (Å²) in [5.74, 6) is 0.971. The van der Waals surface area contributed by atoms with Gasteiger partial charge in [0.1, 0.15) is 5.82 Å². The van der Waals surface area contributed by atoms with Gasteiger partial charge in [-0.3, -0.25) is 14.3 Å². The molecule has 5 nitrogen and oxygen atoms in total. The molecule has 2 aromatic heterocycles. The number of benzene rings is 1. The van der Waals surface area contributed by atoms with Crippen molar-refractivity contribution in [3.05, 3.63) is 77.4 Å². The van der Waals surface area contributed by atoms with Gasteiger partial charge in [-0.05, 0) is 59.4 Å². The summed E-state index contributed by atoms with van der Waals surface area (Å²) >= 11 is 0. The summed E-state index contributed by atoms with van der Waals surface area (Å²) in [7, 11) is 1.89. The second-order valence-corrected chi connectivity index (χ2v) is 8.77. The zero-order chi connectivity index (χ0) is 22.7. The number of anilines is 1. The SMILES string of the molecule is C=Cc1cccc(-c2c(-c3ccncc3)cc(N3CCCC3CNC(C)C)n(C)c2=O)c1. The Hall–Kier alpha value is -3.18. The van der Waals surface area contributed by atoms with Gasteiger partial charge in [0.25, 0.3) is 5.56 Å². The van der Waals surface area contributed by atoms with E-state index in [9.17, 15) is 4.79 Å². The van der Waals surface area contributed by atoms with Crippen molar-refractivity contribution in [2.45, 2.75) is 38.8 Å². The highest BCUT2D eigenvalue weighted by Gasteiger charge is 2.28. The van der Waals surface area contributed by atoms with Crippen LogP contribution in [0.4, 0.5) is 5.82 Å². The number of nitrogens with one attached hydrogen (secondary N) is 1. The highest BCUT2D eigenvalue weighted by molar-refractivity contribution is 5.85. The Balaban J connectivity index is 1.88. The third-order valence-corrected chi connectivity index (χ3v) is 6.24. The molecule has 1 aromatic carbocycles. The van der Waals surface area contributed by atoms with Crippen molar-refractivity contribution in [3.8, 4) is 22.3 Å². The smallest absolute Gasteiger partial charge is 0.260 e. The van der Waals surface area contributed by atoms with Crippen LogP contribution in [0.3, 0.4) is 0 Å². The summed E-state index contributed by atoms with van der Waals surface area (Å²) in [6.07, 6.45) is 7.63. The Morgan fingerprint density at radius 3 is 2.69 bits per heavy atom. The summed E-state index contributed by atoms with van der Waals surface area (Å²) in [4.78, 5) is 20.4. The van der Waals surface area contributed by atoms with E-state index < -0.39 is 0 Å². The maximum Gasteiger partial charge on any atom is 0.260 e. The van der Waals surface area contributed by atoms with Crippen molar-refractivity contribution in [2.24, 2.45) is 7.05 Å². The van der Waals surface area contributed by atoms with Crippen molar-refractivity contribution in [1.82, 2.24) is 14.9 Å². The van der Waals surface area contributed by atoms with Crippen molar-refractivity contribution in [1.29, 1.82) is 0 Å². The molecule has 4 rings (SSSR count). The van der Waals surface area contributed by atoms with Gasteiger partial charge < -0.3 is 10.2 Å². The molecule has 3 heterocycles. The van der Waals surface area contributed by atoms with E-state index in [0.717, 1.165) is 54.0 Å². The van der Waals surface area contributed by atoms with Crippen molar-refractivity contribution in [3.63, 3.8) is 0 Å². The molecule has 0 bridgehead atoms. The Morgan fingerprint density at radius 2 is 1.97 bits per heavy atom. The van der Waals surface area contributed by atoms with E-state index in [1.165, 1.54) is 0 Å². The minimum Gasteiger partial charge on any atom is -0.354 e.